The Hall–Kier alpha value is -3.23. The van der Waals surface area contributed by atoms with Gasteiger partial charge < -0.3 is 14.6 Å². The zero-order chi connectivity index (χ0) is 23.1. The molecule has 0 aliphatic carbocycles. The number of aromatic amines is 1. The molecule has 1 fully saturated rings. The lowest BCUT2D eigenvalue weighted by Gasteiger charge is -2.28. The molecule has 6 nitrogen and oxygen atoms in total. The van der Waals surface area contributed by atoms with Crippen molar-refractivity contribution in [3.05, 3.63) is 82.1 Å². The van der Waals surface area contributed by atoms with Crippen molar-refractivity contribution in [3.8, 4) is 5.75 Å². The van der Waals surface area contributed by atoms with Crippen LogP contribution >= 0.6 is 11.3 Å². The highest BCUT2D eigenvalue weighted by Gasteiger charge is 2.34. The lowest BCUT2D eigenvalue weighted by Crippen LogP contribution is -2.41. The minimum absolute atomic E-state index is 0.0811. The molecule has 2 aliphatic heterocycles. The van der Waals surface area contributed by atoms with Gasteiger partial charge >= 0.3 is 0 Å². The molecule has 1 saturated heterocycles. The maximum Gasteiger partial charge on any atom is 0.237 e. The molecule has 1 N–H and O–H groups in total. The maximum absolute atomic E-state index is 13.6. The van der Waals surface area contributed by atoms with E-state index in [9.17, 15) is 9.18 Å². The number of imidazole rings is 1. The van der Waals surface area contributed by atoms with Crippen molar-refractivity contribution in [3.63, 3.8) is 0 Å². The number of likely N-dealkylation sites (tertiary alicyclic amines) is 1. The number of hydrogen-bond donors (Lipinski definition) is 1. The van der Waals surface area contributed by atoms with Crippen molar-refractivity contribution in [1.82, 2.24) is 19.8 Å². The van der Waals surface area contributed by atoms with E-state index in [0.29, 0.717) is 31.7 Å². The summed E-state index contributed by atoms with van der Waals surface area (Å²) in [6.07, 6.45) is 1.64. The number of halogens is 1. The summed E-state index contributed by atoms with van der Waals surface area (Å²) in [4.78, 5) is 25.5. The lowest BCUT2D eigenvalue weighted by atomic mass is 10.1. The molecule has 0 radical (unpaired) electrons. The zero-order valence-corrected chi connectivity index (χ0v) is 19.4. The summed E-state index contributed by atoms with van der Waals surface area (Å²) in [5.41, 5.74) is 3.60. The van der Waals surface area contributed by atoms with E-state index in [1.54, 1.807) is 17.4 Å². The Morgan fingerprint density at radius 1 is 1.24 bits per heavy atom. The highest BCUT2D eigenvalue weighted by Crippen LogP contribution is 2.34. The number of H-pyrrole nitrogens is 1. The van der Waals surface area contributed by atoms with Gasteiger partial charge in [0.15, 0.2) is 0 Å². The van der Waals surface area contributed by atoms with Crippen LogP contribution in [0.4, 0.5) is 4.39 Å². The third kappa shape index (κ3) is 4.08. The molecule has 6 rings (SSSR count). The summed E-state index contributed by atoms with van der Waals surface area (Å²) in [5.74, 6) is 1.39. The first-order valence-electron chi connectivity index (χ1n) is 11.6. The van der Waals surface area contributed by atoms with Crippen LogP contribution in [0, 0.1) is 5.82 Å². The Morgan fingerprint density at radius 3 is 3.03 bits per heavy atom. The molecule has 34 heavy (non-hydrogen) atoms. The van der Waals surface area contributed by atoms with E-state index in [2.05, 4.69) is 37.8 Å². The van der Waals surface area contributed by atoms with Crippen molar-refractivity contribution in [2.45, 2.75) is 31.5 Å². The van der Waals surface area contributed by atoms with Gasteiger partial charge in [0.25, 0.3) is 0 Å². The van der Waals surface area contributed by atoms with Crippen LogP contribution in [0.3, 0.4) is 0 Å². The lowest BCUT2D eigenvalue weighted by molar-refractivity contribution is -0.133. The number of aromatic nitrogens is 2. The molecular weight excluding hydrogens is 451 g/mol. The van der Waals surface area contributed by atoms with Crippen molar-refractivity contribution >= 4 is 28.3 Å². The fourth-order valence-corrected chi connectivity index (χ4v) is 5.72. The molecule has 0 unspecified atom stereocenters. The summed E-state index contributed by atoms with van der Waals surface area (Å²) < 4.78 is 20.0. The molecule has 2 aliphatic rings. The van der Waals surface area contributed by atoms with Crippen LogP contribution in [0.25, 0.3) is 11.0 Å². The second-order valence-corrected chi connectivity index (χ2v) is 9.75. The number of para-hydroxylation sites is 1. The van der Waals surface area contributed by atoms with Crippen molar-refractivity contribution in [2.75, 3.05) is 19.6 Å². The average molecular weight is 477 g/mol. The van der Waals surface area contributed by atoms with Crippen LogP contribution in [0.5, 0.6) is 5.75 Å². The Labute approximate surface area is 201 Å². The molecule has 0 saturated carbocycles. The molecule has 1 amide bonds. The number of amides is 1. The van der Waals surface area contributed by atoms with Gasteiger partial charge in [-0.15, -0.1) is 0 Å². The number of benzene rings is 2. The SMILES string of the molecule is O=C(CN1Cc2ccccc2O[C@H](c2ccsc2)C1)N1CCC[C@@H]1c1nc2ccc(F)cc2[nH]1. The number of nitrogens with one attached hydrogen (secondary N) is 1. The number of ether oxygens (including phenoxy) is 1. The molecule has 2 atom stereocenters. The number of nitrogens with zero attached hydrogens (tertiary/aromatic N) is 3. The highest BCUT2D eigenvalue weighted by atomic mass is 32.1. The van der Waals surface area contributed by atoms with Crippen LogP contribution in [0.2, 0.25) is 0 Å². The standard InChI is InChI=1S/C26H25FN4O2S/c27-19-7-8-20-21(12-19)29-26(28-20)22-5-3-10-31(22)25(32)15-30-13-17-4-1-2-6-23(17)33-24(14-30)18-9-11-34-16-18/h1-2,4,6-9,11-12,16,22,24H,3,5,10,13-15H2,(H,28,29)/t22-,24+/m1/s1. The normalized spacial score (nSPS) is 20.8. The van der Waals surface area contributed by atoms with Crippen molar-refractivity contribution in [1.29, 1.82) is 0 Å². The van der Waals surface area contributed by atoms with E-state index in [4.69, 9.17) is 4.74 Å². The fraction of sp³-hybridized carbons (Fsp3) is 0.308. The predicted molar refractivity (Wildman–Crippen MR) is 129 cm³/mol. The van der Waals surface area contributed by atoms with E-state index >= 15 is 0 Å². The third-order valence-corrected chi connectivity index (χ3v) is 7.39. The van der Waals surface area contributed by atoms with Crippen LogP contribution in [-0.4, -0.2) is 45.3 Å². The summed E-state index contributed by atoms with van der Waals surface area (Å²) in [5, 5.41) is 4.17. The smallest absolute Gasteiger partial charge is 0.237 e. The van der Waals surface area contributed by atoms with E-state index in [1.807, 2.05) is 23.1 Å². The largest absolute Gasteiger partial charge is 0.484 e. The van der Waals surface area contributed by atoms with Crippen LogP contribution in [0.15, 0.2) is 59.3 Å². The van der Waals surface area contributed by atoms with Crippen LogP contribution in [0.1, 0.15) is 41.9 Å². The van der Waals surface area contributed by atoms with Gasteiger partial charge in [0.05, 0.1) is 23.6 Å². The number of thiophene rings is 1. The first kappa shape index (κ1) is 21.3. The number of rotatable bonds is 4. The summed E-state index contributed by atoms with van der Waals surface area (Å²) >= 11 is 1.65. The molecule has 4 heterocycles. The minimum Gasteiger partial charge on any atom is -0.484 e. The fourth-order valence-electron chi connectivity index (χ4n) is 5.02. The Balaban J connectivity index is 1.23. The molecular formula is C26H25FN4O2S. The van der Waals surface area contributed by atoms with Gasteiger partial charge in [-0.2, -0.15) is 11.3 Å². The van der Waals surface area contributed by atoms with Gasteiger partial charge in [-0.05, 0) is 53.9 Å². The molecule has 4 aromatic rings. The molecule has 0 bridgehead atoms. The molecule has 174 valence electrons. The van der Waals surface area contributed by atoms with Crippen molar-refractivity contribution < 1.29 is 13.9 Å². The number of carbonyl (C=O) groups is 1. The third-order valence-electron chi connectivity index (χ3n) is 6.68. The number of hydrogen-bond acceptors (Lipinski definition) is 5. The predicted octanol–water partition coefficient (Wildman–Crippen LogP) is 5.06. The Morgan fingerprint density at radius 2 is 2.15 bits per heavy atom. The first-order valence-corrected chi connectivity index (χ1v) is 12.5. The molecule has 2 aromatic heterocycles. The topological polar surface area (TPSA) is 61.5 Å². The van der Waals surface area contributed by atoms with Gasteiger partial charge in [-0.1, -0.05) is 18.2 Å². The second kappa shape index (κ2) is 8.85. The Bertz CT molecular complexity index is 1320. The number of fused-ring (bicyclic) bond motifs is 2. The van der Waals surface area contributed by atoms with Crippen LogP contribution in [-0.2, 0) is 11.3 Å². The van der Waals surface area contributed by atoms with Gasteiger partial charge in [0.1, 0.15) is 23.5 Å². The molecule has 8 heteroatoms. The van der Waals surface area contributed by atoms with E-state index in [1.165, 1.54) is 12.1 Å². The quantitative estimate of drug-likeness (QED) is 0.447. The van der Waals surface area contributed by atoms with Gasteiger partial charge in [0.2, 0.25) is 5.91 Å². The molecule has 0 spiro atoms. The maximum atomic E-state index is 13.6. The average Bonchev–Trinajstić information content (AvgIpc) is 3.58. The summed E-state index contributed by atoms with van der Waals surface area (Å²) in [6.45, 7) is 2.30. The van der Waals surface area contributed by atoms with E-state index < -0.39 is 0 Å². The van der Waals surface area contributed by atoms with Crippen molar-refractivity contribution in [2.24, 2.45) is 0 Å². The minimum atomic E-state index is -0.300. The zero-order valence-electron chi connectivity index (χ0n) is 18.6. The van der Waals surface area contributed by atoms with Crippen LogP contribution < -0.4 is 4.74 Å². The molecule has 2 aromatic carbocycles. The summed E-state index contributed by atoms with van der Waals surface area (Å²) in [7, 11) is 0. The van der Waals surface area contributed by atoms with E-state index in [0.717, 1.165) is 41.1 Å². The Kier molecular flexibility index (Phi) is 5.55. The van der Waals surface area contributed by atoms with Gasteiger partial charge in [0, 0.05) is 30.8 Å². The summed E-state index contributed by atoms with van der Waals surface area (Å²) in [6, 6.07) is 14.6. The van der Waals surface area contributed by atoms with Gasteiger partial charge in [-0.3, -0.25) is 9.69 Å². The highest BCUT2D eigenvalue weighted by molar-refractivity contribution is 7.07. The second-order valence-electron chi connectivity index (χ2n) is 8.97. The van der Waals surface area contributed by atoms with E-state index in [-0.39, 0.29) is 23.9 Å². The van der Waals surface area contributed by atoms with Gasteiger partial charge in [-0.25, -0.2) is 9.37 Å². The number of carbonyl (C=O) groups excluding carboxylic acids is 1. The monoisotopic (exact) mass is 476 g/mol. The first-order chi connectivity index (χ1) is 16.6.